The Bertz CT molecular complexity index is 1670. The second-order valence-corrected chi connectivity index (χ2v) is 11.1. The van der Waals surface area contributed by atoms with Gasteiger partial charge in [-0.1, -0.05) is 19.1 Å². The molecule has 0 aliphatic rings. The maximum Gasteiger partial charge on any atom is 0.356 e. The zero-order valence-electron chi connectivity index (χ0n) is 22.7. The van der Waals surface area contributed by atoms with Crippen molar-refractivity contribution in [3.63, 3.8) is 0 Å². The summed E-state index contributed by atoms with van der Waals surface area (Å²) in [6, 6.07) is 12.4. The first-order valence-electron chi connectivity index (χ1n) is 12.5. The first-order chi connectivity index (χ1) is 18.9. The minimum Gasteiger partial charge on any atom is -0.476 e. The molecular weight excluding hydrogens is 536 g/mol. The molecule has 1 atom stereocenters. The molecule has 0 spiro atoms. The summed E-state index contributed by atoms with van der Waals surface area (Å²) in [5, 5.41) is 16.7. The van der Waals surface area contributed by atoms with Gasteiger partial charge in [0.05, 0.1) is 12.0 Å². The number of aryl methyl sites for hydroxylation is 2. The smallest absolute Gasteiger partial charge is 0.356 e. The SMILES string of the molecule is CCC(C)NS(=O)(=O)c1cc(NC(=O)c2ccco2)ccc1Oc1c(C)c(C(=O)O)nn1-c1cc(C)ccc1C. The van der Waals surface area contributed by atoms with Crippen molar-refractivity contribution in [3.8, 4) is 17.3 Å². The molecule has 3 N–H and O–H groups in total. The van der Waals surface area contributed by atoms with Gasteiger partial charge in [-0.3, -0.25) is 4.79 Å². The van der Waals surface area contributed by atoms with Crippen LogP contribution >= 0.6 is 0 Å². The first kappa shape index (κ1) is 28.6. The Balaban J connectivity index is 1.85. The Morgan fingerprint density at radius 1 is 1.12 bits per heavy atom. The van der Waals surface area contributed by atoms with Gasteiger partial charge in [-0.05, 0) is 81.6 Å². The fourth-order valence-electron chi connectivity index (χ4n) is 3.91. The number of nitrogens with one attached hydrogen (secondary N) is 2. The molecule has 11 nitrogen and oxygen atoms in total. The normalized spacial score (nSPS) is 12.2. The van der Waals surface area contributed by atoms with Crippen molar-refractivity contribution in [3.05, 3.63) is 82.9 Å². The molecular formula is C28H30N4O7S. The molecule has 0 fully saturated rings. The molecule has 4 aromatic rings. The molecule has 0 aliphatic carbocycles. The van der Waals surface area contributed by atoms with E-state index in [-0.39, 0.29) is 45.3 Å². The third-order valence-electron chi connectivity index (χ3n) is 6.28. The molecule has 40 heavy (non-hydrogen) atoms. The highest BCUT2D eigenvalue weighted by atomic mass is 32.2. The maximum absolute atomic E-state index is 13.5. The predicted molar refractivity (Wildman–Crippen MR) is 148 cm³/mol. The van der Waals surface area contributed by atoms with Crippen LogP contribution in [0, 0.1) is 20.8 Å². The van der Waals surface area contributed by atoms with Crippen LogP contribution in [0.4, 0.5) is 5.69 Å². The number of hydrogen-bond donors (Lipinski definition) is 3. The summed E-state index contributed by atoms with van der Waals surface area (Å²) in [4.78, 5) is 24.2. The molecule has 12 heteroatoms. The summed E-state index contributed by atoms with van der Waals surface area (Å²) >= 11 is 0. The van der Waals surface area contributed by atoms with E-state index in [0.717, 1.165) is 11.1 Å². The fourth-order valence-corrected chi connectivity index (χ4v) is 5.39. The lowest BCUT2D eigenvalue weighted by Crippen LogP contribution is -2.32. The third-order valence-corrected chi connectivity index (χ3v) is 7.89. The highest BCUT2D eigenvalue weighted by Gasteiger charge is 2.28. The van der Waals surface area contributed by atoms with Gasteiger partial charge in [-0.25, -0.2) is 17.9 Å². The van der Waals surface area contributed by atoms with E-state index in [1.165, 1.54) is 42.1 Å². The number of benzene rings is 2. The molecule has 2 aromatic carbocycles. The number of aromatic nitrogens is 2. The fraction of sp³-hybridized carbons (Fsp3) is 0.250. The summed E-state index contributed by atoms with van der Waals surface area (Å²) < 4.78 is 42.2. The van der Waals surface area contributed by atoms with Crippen LogP contribution < -0.4 is 14.8 Å². The molecule has 210 valence electrons. The van der Waals surface area contributed by atoms with E-state index >= 15 is 0 Å². The first-order valence-corrected chi connectivity index (χ1v) is 14.0. The quantitative estimate of drug-likeness (QED) is 0.236. The topological polar surface area (TPSA) is 153 Å². The number of hydrogen-bond acceptors (Lipinski definition) is 7. The standard InChI is InChI=1S/C28H30N4O7S/c1-6-18(4)31-40(36,37)24-15-20(29-26(33)23-8-7-13-38-23)11-12-22(24)39-27-19(5)25(28(34)35)30-32(27)21-14-16(2)9-10-17(21)3/h7-15,18,31H,6H2,1-5H3,(H,29,33)(H,34,35). The molecule has 4 rings (SSSR count). The lowest BCUT2D eigenvalue weighted by molar-refractivity contribution is 0.0689. The average Bonchev–Trinajstić information content (AvgIpc) is 3.55. The monoisotopic (exact) mass is 566 g/mol. The number of nitrogens with zero attached hydrogens (tertiary/aromatic N) is 2. The number of sulfonamides is 1. The van der Waals surface area contributed by atoms with Crippen LogP contribution in [0.1, 0.15) is 58.0 Å². The van der Waals surface area contributed by atoms with E-state index in [1.807, 2.05) is 39.0 Å². The van der Waals surface area contributed by atoms with Crippen LogP contribution in [-0.4, -0.2) is 41.2 Å². The molecule has 0 bridgehead atoms. The lowest BCUT2D eigenvalue weighted by Gasteiger charge is -2.18. The van der Waals surface area contributed by atoms with Gasteiger partial charge in [-0.15, -0.1) is 0 Å². The zero-order chi connectivity index (χ0) is 29.2. The Hall–Kier alpha value is -4.42. The molecule has 1 amide bonds. The van der Waals surface area contributed by atoms with Crippen LogP contribution in [0.2, 0.25) is 0 Å². The molecule has 1 unspecified atom stereocenters. The molecule has 0 aliphatic heterocycles. The Labute approximate surface area is 231 Å². The van der Waals surface area contributed by atoms with Crippen molar-refractivity contribution in [2.24, 2.45) is 0 Å². The third kappa shape index (κ3) is 5.92. The van der Waals surface area contributed by atoms with E-state index < -0.39 is 21.9 Å². The highest BCUT2D eigenvalue weighted by Crippen LogP contribution is 2.36. The second kappa shape index (κ2) is 11.4. The Morgan fingerprint density at radius 3 is 2.52 bits per heavy atom. The van der Waals surface area contributed by atoms with Crippen LogP contribution in [0.3, 0.4) is 0 Å². The van der Waals surface area contributed by atoms with Gasteiger partial charge in [0.15, 0.2) is 11.5 Å². The van der Waals surface area contributed by atoms with Gasteiger partial charge in [0.1, 0.15) is 10.6 Å². The summed E-state index contributed by atoms with van der Waals surface area (Å²) in [7, 11) is -4.14. The number of aromatic carboxylic acids is 1. The molecule has 0 saturated heterocycles. The predicted octanol–water partition coefficient (Wildman–Crippen LogP) is 5.21. The van der Waals surface area contributed by atoms with E-state index in [0.29, 0.717) is 12.1 Å². The average molecular weight is 567 g/mol. The Morgan fingerprint density at radius 2 is 1.88 bits per heavy atom. The van der Waals surface area contributed by atoms with Crippen molar-refractivity contribution in [1.82, 2.24) is 14.5 Å². The van der Waals surface area contributed by atoms with Crippen LogP contribution in [0.15, 0.2) is 64.1 Å². The van der Waals surface area contributed by atoms with Crippen molar-refractivity contribution < 1.29 is 32.3 Å². The van der Waals surface area contributed by atoms with Crippen molar-refractivity contribution in [2.45, 2.75) is 52.0 Å². The summed E-state index contributed by atoms with van der Waals surface area (Å²) in [5.41, 5.74) is 2.45. The van der Waals surface area contributed by atoms with Gasteiger partial charge < -0.3 is 19.6 Å². The number of rotatable bonds is 10. The van der Waals surface area contributed by atoms with Gasteiger partial charge in [0, 0.05) is 17.3 Å². The number of anilines is 1. The summed E-state index contributed by atoms with van der Waals surface area (Å²) in [6.07, 6.45) is 1.88. The number of ether oxygens (including phenoxy) is 1. The molecule has 2 heterocycles. The largest absolute Gasteiger partial charge is 0.476 e. The number of carbonyl (C=O) groups is 2. The Kier molecular flexibility index (Phi) is 8.12. The van der Waals surface area contributed by atoms with Crippen molar-refractivity contribution in [1.29, 1.82) is 0 Å². The summed E-state index contributed by atoms with van der Waals surface area (Å²) in [5.74, 6) is -1.81. The van der Waals surface area contributed by atoms with Crippen LogP contribution in [0.25, 0.3) is 5.69 Å². The number of carbonyl (C=O) groups excluding carboxylic acids is 1. The maximum atomic E-state index is 13.5. The molecule has 0 radical (unpaired) electrons. The zero-order valence-corrected chi connectivity index (χ0v) is 23.5. The number of furan rings is 1. The minimum atomic E-state index is -4.14. The van der Waals surface area contributed by atoms with Gasteiger partial charge in [0.2, 0.25) is 15.9 Å². The molecule has 2 aromatic heterocycles. The number of carboxylic acids is 1. The van der Waals surface area contributed by atoms with E-state index in [1.54, 1.807) is 13.0 Å². The van der Waals surface area contributed by atoms with Gasteiger partial charge in [-0.2, -0.15) is 9.78 Å². The van der Waals surface area contributed by atoms with E-state index in [4.69, 9.17) is 9.15 Å². The van der Waals surface area contributed by atoms with Crippen molar-refractivity contribution in [2.75, 3.05) is 5.32 Å². The van der Waals surface area contributed by atoms with E-state index in [2.05, 4.69) is 15.1 Å². The van der Waals surface area contributed by atoms with Crippen LogP contribution in [-0.2, 0) is 10.0 Å². The second-order valence-electron chi connectivity index (χ2n) is 9.41. The van der Waals surface area contributed by atoms with Gasteiger partial charge >= 0.3 is 5.97 Å². The minimum absolute atomic E-state index is 0.0402. The summed E-state index contributed by atoms with van der Waals surface area (Å²) in [6.45, 7) is 8.83. The van der Waals surface area contributed by atoms with E-state index in [9.17, 15) is 23.1 Å². The lowest BCUT2D eigenvalue weighted by atomic mass is 10.1. The number of carboxylic acid groups (broad SMARTS) is 1. The number of amides is 1. The van der Waals surface area contributed by atoms with Crippen molar-refractivity contribution >= 4 is 27.6 Å². The molecule has 0 saturated carbocycles. The van der Waals surface area contributed by atoms with Crippen LogP contribution in [0.5, 0.6) is 11.6 Å². The highest BCUT2D eigenvalue weighted by molar-refractivity contribution is 7.89. The van der Waals surface area contributed by atoms with Gasteiger partial charge in [0.25, 0.3) is 5.91 Å².